The van der Waals surface area contributed by atoms with Crippen molar-refractivity contribution in [2.75, 3.05) is 55.5 Å². The van der Waals surface area contributed by atoms with Gasteiger partial charge in [-0.2, -0.15) is 0 Å². The topological polar surface area (TPSA) is 82.5 Å². The average Bonchev–Trinajstić information content (AvgIpc) is 3.39. The summed E-state index contributed by atoms with van der Waals surface area (Å²) >= 11 is 0. The lowest BCUT2D eigenvalue weighted by Gasteiger charge is -2.33. The van der Waals surface area contributed by atoms with E-state index in [-0.39, 0.29) is 0 Å². The fourth-order valence-electron chi connectivity index (χ4n) is 5.14. The van der Waals surface area contributed by atoms with E-state index in [0.29, 0.717) is 24.6 Å². The van der Waals surface area contributed by atoms with Crippen molar-refractivity contribution in [3.05, 3.63) is 42.4 Å². The molecule has 3 aliphatic rings. The molecule has 2 saturated heterocycles. The van der Waals surface area contributed by atoms with Gasteiger partial charge in [0.25, 0.3) is 0 Å². The Balaban J connectivity index is 1.21. The van der Waals surface area contributed by atoms with Gasteiger partial charge in [0.2, 0.25) is 5.95 Å². The van der Waals surface area contributed by atoms with Crippen LogP contribution in [0.1, 0.15) is 12.0 Å². The number of aromatic nitrogens is 4. The van der Waals surface area contributed by atoms with E-state index < -0.39 is 0 Å². The molecule has 0 unspecified atom stereocenters. The Hall–Kier alpha value is -3.46. The number of aryl methyl sites for hydroxylation is 1. The van der Waals surface area contributed by atoms with E-state index in [1.807, 2.05) is 31.6 Å². The van der Waals surface area contributed by atoms with E-state index in [0.717, 1.165) is 59.5 Å². The smallest absolute Gasteiger partial charge is 0.227 e. The van der Waals surface area contributed by atoms with Crippen LogP contribution in [0, 0.1) is 6.92 Å². The molecule has 0 amide bonds. The number of likely N-dealkylation sites (N-methyl/N-ethyl adjacent to an activating group) is 2. The summed E-state index contributed by atoms with van der Waals surface area (Å²) in [6, 6.07) is 7.21. The molecule has 0 aliphatic carbocycles. The fraction of sp³-hybridized carbons (Fsp3) is 0.417. The number of pyridine rings is 2. The van der Waals surface area contributed by atoms with Gasteiger partial charge in [-0.05, 0) is 44.2 Å². The molecule has 2 atom stereocenters. The molecule has 1 N–H and O–H groups in total. The Morgan fingerprint density at radius 1 is 1.03 bits per heavy atom. The number of ether oxygens (including phenoxy) is 1. The van der Waals surface area contributed by atoms with E-state index in [4.69, 9.17) is 14.7 Å². The van der Waals surface area contributed by atoms with E-state index in [9.17, 15) is 0 Å². The summed E-state index contributed by atoms with van der Waals surface area (Å²) < 4.78 is 5.79. The number of fused-ring (bicyclic) bond motifs is 3. The summed E-state index contributed by atoms with van der Waals surface area (Å²) in [5, 5.41) is 3.31. The van der Waals surface area contributed by atoms with Crippen LogP contribution in [-0.4, -0.2) is 77.3 Å². The van der Waals surface area contributed by atoms with Crippen LogP contribution < -0.4 is 19.9 Å². The summed E-state index contributed by atoms with van der Waals surface area (Å²) in [6.45, 7) is 5.79. The third kappa shape index (κ3) is 3.62. The highest BCUT2D eigenvalue weighted by atomic mass is 16.5. The summed E-state index contributed by atoms with van der Waals surface area (Å²) in [6.07, 6.45) is 6.69. The van der Waals surface area contributed by atoms with Crippen molar-refractivity contribution in [3.8, 4) is 17.0 Å². The summed E-state index contributed by atoms with van der Waals surface area (Å²) in [7, 11) is 4.24. The third-order valence-electron chi connectivity index (χ3n) is 6.92. The molecule has 2 fully saturated rings. The van der Waals surface area contributed by atoms with Gasteiger partial charge in [-0.15, -0.1) is 0 Å². The van der Waals surface area contributed by atoms with Crippen LogP contribution in [0.15, 0.2) is 36.8 Å². The SMILES string of the molecule is Cc1cc(Nc2nccc(-c3cnc4c(c3)OCCN4C)n2)cnc1N1C[C@@H]2C[C@H]1CN2C. The van der Waals surface area contributed by atoms with Crippen LogP contribution in [0.2, 0.25) is 0 Å². The number of rotatable bonds is 4. The van der Waals surface area contributed by atoms with E-state index in [1.54, 1.807) is 6.20 Å². The monoisotopic (exact) mass is 444 g/mol. The number of hydrogen-bond donors (Lipinski definition) is 1. The minimum absolute atomic E-state index is 0.527. The number of nitrogens with one attached hydrogen (secondary N) is 1. The van der Waals surface area contributed by atoms with Gasteiger partial charge in [-0.1, -0.05) is 0 Å². The van der Waals surface area contributed by atoms with Crippen molar-refractivity contribution >= 4 is 23.3 Å². The van der Waals surface area contributed by atoms with Gasteiger partial charge in [-0.3, -0.25) is 4.90 Å². The molecule has 33 heavy (non-hydrogen) atoms. The molecule has 170 valence electrons. The highest BCUT2D eigenvalue weighted by molar-refractivity contribution is 5.67. The minimum atomic E-state index is 0.527. The van der Waals surface area contributed by atoms with E-state index in [2.05, 4.69) is 50.0 Å². The maximum atomic E-state index is 5.79. The number of piperazine rings is 1. The van der Waals surface area contributed by atoms with Crippen molar-refractivity contribution in [2.45, 2.75) is 25.4 Å². The fourth-order valence-corrected chi connectivity index (χ4v) is 5.14. The molecule has 3 aromatic rings. The van der Waals surface area contributed by atoms with E-state index in [1.165, 1.54) is 6.42 Å². The number of hydrogen-bond acceptors (Lipinski definition) is 9. The van der Waals surface area contributed by atoms with Crippen molar-refractivity contribution in [1.29, 1.82) is 0 Å². The molecular weight excluding hydrogens is 416 g/mol. The van der Waals surface area contributed by atoms with Gasteiger partial charge in [-0.25, -0.2) is 19.9 Å². The predicted octanol–water partition coefficient (Wildman–Crippen LogP) is 2.71. The Morgan fingerprint density at radius 3 is 2.70 bits per heavy atom. The standard InChI is InChI=1S/C24H28N8O/c1-15-8-17(12-27-22(15)32-14-18-10-19(32)13-31(18)3)28-24-25-5-4-20(29-24)16-9-21-23(26-11-16)30(2)6-7-33-21/h4-5,8-9,11-12,18-19H,6-7,10,13-14H2,1-3H3,(H,25,28,29)/t18-,19-/m0/s1. The van der Waals surface area contributed by atoms with E-state index >= 15 is 0 Å². The molecule has 3 aromatic heterocycles. The lowest BCUT2D eigenvalue weighted by Crippen LogP contribution is -2.45. The van der Waals surface area contributed by atoms with Crippen LogP contribution in [0.4, 0.5) is 23.3 Å². The van der Waals surface area contributed by atoms with Gasteiger partial charge in [0, 0.05) is 50.2 Å². The maximum absolute atomic E-state index is 5.79. The van der Waals surface area contributed by atoms with Crippen molar-refractivity contribution in [1.82, 2.24) is 24.8 Å². The zero-order chi connectivity index (χ0) is 22.5. The van der Waals surface area contributed by atoms with Crippen LogP contribution in [0.5, 0.6) is 5.75 Å². The molecule has 3 aliphatic heterocycles. The Morgan fingerprint density at radius 2 is 1.91 bits per heavy atom. The largest absolute Gasteiger partial charge is 0.488 e. The van der Waals surface area contributed by atoms with Gasteiger partial charge in [0.05, 0.1) is 24.1 Å². The molecular formula is C24H28N8O. The van der Waals surface area contributed by atoms with Crippen molar-refractivity contribution in [3.63, 3.8) is 0 Å². The highest BCUT2D eigenvalue weighted by Gasteiger charge is 2.42. The maximum Gasteiger partial charge on any atom is 0.227 e. The molecule has 0 aromatic carbocycles. The molecule has 0 radical (unpaired) electrons. The van der Waals surface area contributed by atoms with Crippen LogP contribution in [0.3, 0.4) is 0 Å². The molecule has 2 bridgehead atoms. The average molecular weight is 445 g/mol. The lowest BCUT2D eigenvalue weighted by atomic mass is 10.2. The Kier molecular flexibility index (Phi) is 4.79. The third-order valence-corrected chi connectivity index (χ3v) is 6.92. The first-order chi connectivity index (χ1) is 16.0. The predicted molar refractivity (Wildman–Crippen MR) is 128 cm³/mol. The summed E-state index contributed by atoms with van der Waals surface area (Å²) in [5.74, 6) is 3.25. The minimum Gasteiger partial charge on any atom is -0.488 e. The normalized spacial score (nSPS) is 21.8. The highest BCUT2D eigenvalue weighted by Crippen LogP contribution is 2.35. The molecule has 9 nitrogen and oxygen atoms in total. The number of nitrogens with zero attached hydrogens (tertiary/aromatic N) is 7. The Labute approximate surface area is 193 Å². The zero-order valence-electron chi connectivity index (χ0n) is 19.2. The first-order valence-corrected chi connectivity index (χ1v) is 11.4. The molecule has 0 spiro atoms. The molecule has 9 heteroatoms. The number of anilines is 4. The molecule has 0 saturated carbocycles. The van der Waals surface area contributed by atoms with Crippen LogP contribution in [-0.2, 0) is 0 Å². The lowest BCUT2D eigenvalue weighted by molar-refractivity contribution is 0.292. The number of likely N-dealkylation sites (tertiary alicyclic amines) is 1. The van der Waals surface area contributed by atoms with Gasteiger partial charge in [0.1, 0.15) is 12.4 Å². The van der Waals surface area contributed by atoms with Crippen LogP contribution >= 0.6 is 0 Å². The van der Waals surface area contributed by atoms with Gasteiger partial charge >= 0.3 is 0 Å². The first kappa shape index (κ1) is 20.2. The summed E-state index contributed by atoms with van der Waals surface area (Å²) in [4.78, 5) is 25.5. The summed E-state index contributed by atoms with van der Waals surface area (Å²) in [5.41, 5.74) is 3.72. The van der Waals surface area contributed by atoms with Gasteiger partial charge < -0.3 is 19.9 Å². The van der Waals surface area contributed by atoms with Gasteiger partial charge in [0.15, 0.2) is 11.6 Å². The first-order valence-electron chi connectivity index (χ1n) is 11.4. The quantitative estimate of drug-likeness (QED) is 0.653. The Bertz CT molecular complexity index is 1200. The second-order valence-electron chi connectivity index (χ2n) is 9.21. The molecule has 6 rings (SSSR count). The van der Waals surface area contributed by atoms with Crippen LogP contribution in [0.25, 0.3) is 11.3 Å². The second-order valence-corrected chi connectivity index (χ2v) is 9.21. The second kappa shape index (κ2) is 7.84. The molecule has 6 heterocycles. The van der Waals surface area contributed by atoms with Crippen molar-refractivity contribution < 1.29 is 4.74 Å². The van der Waals surface area contributed by atoms with Crippen molar-refractivity contribution in [2.24, 2.45) is 0 Å². The zero-order valence-corrected chi connectivity index (χ0v) is 19.2.